The molecule has 0 spiro atoms. The van der Waals surface area contributed by atoms with Gasteiger partial charge in [0.25, 0.3) is 0 Å². The Bertz CT molecular complexity index is 661. The third-order valence-corrected chi connectivity index (χ3v) is 4.11. The van der Waals surface area contributed by atoms with Crippen molar-refractivity contribution >= 4 is 27.7 Å². The summed E-state index contributed by atoms with van der Waals surface area (Å²) >= 11 is 3.32. The predicted octanol–water partition coefficient (Wildman–Crippen LogP) is 3.48. The molecule has 0 saturated heterocycles. The highest BCUT2D eigenvalue weighted by Gasteiger charge is 2.18. The Labute approximate surface area is 144 Å². The lowest BCUT2D eigenvalue weighted by Crippen LogP contribution is -2.32. The Kier molecular flexibility index (Phi) is 6.12. The second-order valence-corrected chi connectivity index (χ2v) is 6.16. The van der Waals surface area contributed by atoms with Gasteiger partial charge < -0.3 is 10.1 Å². The number of nitrogens with zero attached hydrogens (tertiary/aromatic N) is 2. The van der Waals surface area contributed by atoms with E-state index in [1.165, 1.54) is 0 Å². The van der Waals surface area contributed by atoms with Crippen LogP contribution in [0.4, 0.5) is 5.82 Å². The van der Waals surface area contributed by atoms with Crippen molar-refractivity contribution in [2.75, 3.05) is 26.0 Å². The van der Waals surface area contributed by atoms with Gasteiger partial charge in [-0.1, -0.05) is 18.2 Å². The first-order chi connectivity index (χ1) is 11.0. The number of benzene rings is 1. The lowest BCUT2D eigenvalue weighted by atomic mass is 10.1. The molecule has 5 nitrogen and oxygen atoms in total. The minimum atomic E-state index is -0.107. The first-order valence-corrected chi connectivity index (χ1v) is 8.05. The number of pyridine rings is 1. The number of amides is 1. The Morgan fingerprint density at radius 2 is 2.09 bits per heavy atom. The van der Waals surface area contributed by atoms with E-state index in [4.69, 9.17) is 4.74 Å². The van der Waals surface area contributed by atoms with Gasteiger partial charge in [0.1, 0.15) is 11.6 Å². The zero-order chi connectivity index (χ0) is 16.8. The summed E-state index contributed by atoms with van der Waals surface area (Å²) in [6.45, 7) is 2.31. The number of halogens is 1. The second-order valence-electron chi connectivity index (χ2n) is 5.24. The fourth-order valence-electron chi connectivity index (χ4n) is 2.24. The molecule has 122 valence electrons. The van der Waals surface area contributed by atoms with Crippen LogP contribution in [0.1, 0.15) is 18.5 Å². The van der Waals surface area contributed by atoms with Crippen LogP contribution in [0, 0.1) is 0 Å². The van der Waals surface area contributed by atoms with Crippen molar-refractivity contribution in [1.29, 1.82) is 0 Å². The average Bonchev–Trinajstić information content (AvgIpc) is 2.56. The SMILES string of the molecule is COc1ccccc1[C@@H](C)N(C)CC(=O)Nc1ccc(Br)cn1. The normalized spacial score (nSPS) is 12.0. The third kappa shape index (κ3) is 4.77. The largest absolute Gasteiger partial charge is 0.496 e. The lowest BCUT2D eigenvalue weighted by molar-refractivity contribution is -0.117. The molecular weight excluding hydrogens is 358 g/mol. The predicted molar refractivity (Wildman–Crippen MR) is 94.6 cm³/mol. The second kappa shape index (κ2) is 8.08. The van der Waals surface area contributed by atoms with Crippen LogP contribution >= 0.6 is 15.9 Å². The molecule has 0 radical (unpaired) electrons. The van der Waals surface area contributed by atoms with Gasteiger partial charge in [0.05, 0.1) is 13.7 Å². The Morgan fingerprint density at radius 3 is 2.74 bits per heavy atom. The molecular formula is C17H20BrN3O2. The van der Waals surface area contributed by atoms with E-state index < -0.39 is 0 Å². The summed E-state index contributed by atoms with van der Waals surface area (Å²) in [5.74, 6) is 1.25. The van der Waals surface area contributed by atoms with Crippen molar-refractivity contribution < 1.29 is 9.53 Å². The van der Waals surface area contributed by atoms with Crippen molar-refractivity contribution in [1.82, 2.24) is 9.88 Å². The summed E-state index contributed by atoms with van der Waals surface area (Å²) in [5, 5.41) is 2.79. The smallest absolute Gasteiger partial charge is 0.239 e. The Hall–Kier alpha value is -1.92. The van der Waals surface area contributed by atoms with E-state index in [0.717, 1.165) is 15.8 Å². The molecule has 0 unspecified atom stereocenters. The molecule has 1 aromatic carbocycles. The number of para-hydroxylation sites is 1. The van der Waals surface area contributed by atoms with E-state index in [2.05, 4.69) is 26.2 Å². The van der Waals surface area contributed by atoms with Gasteiger partial charge in [0, 0.05) is 22.3 Å². The minimum Gasteiger partial charge on any atom is -0.496 e. The van der Waals surface area contributed by atoms with E-state index in [-0.39, 0.29) is 18.5 Å². The zero-order valence-electron chi connectivity index (χ0n) is 13.4. The maximum Gasteiger partial charge on any atom is 0.239 e. The summed E-state index contributed by atoms with van der Waals surface area (Å²) in [7, 11) is 3.56. The molecule has 0 aliphatic rings. The summed E-state index contributed by atoms with van der Waals surface area (Å²) in [5.41, 5.74) is 1.05. The molecule has 1 aromatic heterocycles. The van der Waals surface area contributed by atoms with Gasteiger partial charge in [-0.25, -0.2) is 4.98 Å². The van der Waals surface area contributed by atoms with Crippen LogP contribution in [0.15, 0.2) is 47.1 Å². The average molecular weight is 378 g/mol. The topological polar surface area (TPSA) is 54.5 Å². The minimum absolute atomic E-state index is 0.0507. The number of aromatic nitrogens is 1. The molecule has 0 saturated carbocycles. The van der Waals surface area contributed by atoms with Gasteiger partial charge >= 0.3 is 0 Å². The summed E-state index contributed by atoms with van der Waals surface area (Å²) in [4.78, 5) is 18.3. The van der Waals surface area contributed by atoms with Gasteiger partial charge in [-0.2, -0.15) is 0 Å². The van der Waals surface area contributed by atoms with E-state index in [9.17, 15) is 4.79 Å². The van der Waals surface area contributed by atoms with Gasteiger partial charge in [-0.3, -0.25) is 9.69 Å². The molecule has 2 rings (SSSR count). The molecule has 6 heteroatoms. The van der Waals surface area contributed by atoms with E-state index in [1.807, 2.05) is 49.2 Å². The fourth-order valence-corrected chi connectivity index (χ4v) is 2.48. The third-order valence-electron chi connectivity index (χ3n) is 3.64. The van der Waals surface area contributed by atoms with Crippen molar-refractivity contribution in [2.45, 2.75) is 13.0 Å². The Balaban J connectivity index is 1.98. The number of methoxy groups -OCH3 is 1. The van der Waals surface area contributed by atoms with Gasteiger partial charge in [-0.15, -0.1) is 0 Å². The summed E-state index contributed by atoms with van der Waals surface area (Å²) in [6.07, 6.45) is 1.65. The van der Waals surface area contributed by atoms with Crippen LogP contribution < -0.4 is 10.1 Å². The number of anilines is 1. The standard InChI is InChI=1S/C17H20BrN3O2/c1-12(14-6-4-5-7-15(14)23-3)21(2)11-17(22)20-16-9-8-13(18)10-19-16/h4-10,12H,11H2,1-3H3,(H,19,20,22)/t12-/m1/s1. The van der Waals surface area contributed by atoms with Gasteiger partial charge in [0.2, 0.25) is 5.91 Å². The van der Waals surface area contributed by atoms with Crippen LogP contribution in [0.25, 0.3) is 0 Å². The van der Waals surface area contributed by atoms with Crippen molar-refractivity contribution in [3.05, 3.63) is 52.6 Å². The van der Waals surface area contributed by atoms with E-state index in [1.54, 1.807) is 19.4 Å². The highest BCUT2D eigenvalue weighted by Crippen LogP contribution is 2.27. The quantitative estimate of drug-likeness (QED) is 0.836. The molecule has 0 aliphatic heterocycles. The highest BCUT2D eigenvalue weighted by molar-refractivity contribution is 9.10. The number of hydrogen-bond donors (Lipinski definition) is 1. The Morgan fingerprint density at radius 1 is 1.35 bits per heavy atom. The molecule has 0 fully saturated rings. The van der Waals surface area contributed by atoms with Gasteiger partial charge in [-0.05, 0) is 48.1 Å². The summed E-state index contributed by atoms with van der Waals surface area (Å²) in [6, 6.07) is 11.5. The van der Waals surface area contributed by atoms with Crippen LogP contribution in [-0.4, -0.2) is 36.5 Å². The van der Waals surface area contributed by atoms with Gasteiger partial charge in [0.15, 0.2) is 0 Å². The first kappa shape index (κ1) is 17.4. The van der Waals surface area contributed by atoms with Crippen LogP contribution in [0.3, 0.4) is 0 Å². The molecule has 1 N–H and O–H groups in total. The molecule has 0 bridgehead atoms. The van der Waals surface area contributed by atoms with E-state index >= 15 is 0 Å². The molecule has 2 aromatic rings. The fraction of sp³-hybridized carbons (Fsp3) is 0.294. The maximum atomic E-state index is 12.2. The summed E-state index contributed by atoms with van der Waals surface area (Å²) < 4.78 is 6.26. The van der Waals surface area contributed by atoms with Crippen molar-refractivity contribution in [3.63, 3.8) is 0 Å². The molecule has 1 heterocycles. The first-order valence-electron chi connectivity index (χ1n) is 7.26. The van der Waals surface area contributed by atoms with Crippen molar-refractivity contribution in [2.24, 2.45) is 0 Å². The van der Waals surface area contributed by atoms with E-state index in [0.29, 0.717) is 5.82 Å². The molecule has 23 heavy (non-hydrogen) atoms. The van der Waals surface area contributed by atoms with Crippen LogP contribution in [0.5, 0.6) is 5.75 Å². The number of hydrogen-bond acceptors (Lipinski definition) is 4. The zero-order valence-corrected chi connectivity index (χ0v) is 15.0. The number of likely N-dealkylation sites (N-methyl/N-ethyl adjacent to an activating group) is 1. The number of nitrogens with one attached hydrogen (secondary N) is 1. The van der Waals surface area contributed by atoms with Crippen LogP contribution in [-0.2, 0) is 4.79 Å². The highest BCUT2D eigenvalue weighted by atomic mass is 79.9. The number of carbonyl (C=O) groups excluding carboxylic acids is 1. The molecule has 0 aliphatic carbocycles. The maximum absolute atomic E-state index is 12.2. The molecule has 1 atom stereocenters. The van der Waals surface area contributed by atoms with Crippen molar-refractivity contribution in [3.8, 4) is 5.75 Å². The van der Waals surface area contributed by atoms with Crippen LogP contribution in [0.2, 0.25) is 0 Å². The number of rotatable bonds is 6. The molecule has 1 amide bonds. The monoisotopic (exact) mass is 377 g/mol. The lowest BCUT2D eigenvalue weighted by Gasteiger charge is -2.25. The number of carbonyl (C=O) groups is 1. The number of ether oxygens (including phenoxy) is 1.